The van der Waals surface area contributed by atoms with Crippen LogP contribution in [0.2, 0.25) is 0 Å². The highest BCUT2D eigenvalue weighted by Crippen LogP contribution is 2.37. The lowest BCUT2D eigenvalue weighted by Crippen LogP contribution is -2.55. The number of benzene rings is 1. The first-order chi connectivity index (χ1) is 14.2. The maximum Gasteiger partial charge on any atom is 0.143 e. The molecule has 8 heteroatoms. The molecule has 1 aromatic carbocycles. The summed E-state index contributed by atoms with van der Waals surface area (Å²) >= 11 is 0. The van der Waals surface area contributed by atoms with Crippen LogP contribution >= 0.6 is 0 Å². The number of morpholine rings is 1. The molecule has 5 rings (SSSR count). The third-order valence-corrected chi connectivity index (χ3v) is 5.74. The number of aromatic amines is 1. The van der Waals surface area contributed by atoms with Crippen LogP contribution in [0.4, 0.5) is 5.82 Å². The van der Waals surface area contributed by atoms with Crippen molar-refractivity contribution in [1.29, 1.82) is 0 Å². The molecule has 0 radical (unpaired) electrons. The lowest BCUT2D eigenvalue weighted by atomic mass is 9.94. The molecule has 1 fully saturated rings. The second-order valence-corrected chi connectivity index (χ2v) is 7.65. The van der Waals surface area contributed by atoms with Crippen molar-refractivity contribution < 1.29 is 14.6 Å². The van der Waals surface area contributed by atoms with Crippen molar-refractivity contribution in [2.24, 2.45) is 0 Å². The van der Waals surface area contributed by atoms with Gasteiger partial charge in [-0.05, 0) is 19.1 Å². The average molecular weight is 395 g/mol. The van der Waals surface area contributed by atoms with Gasteiger partial charge in [-0.25, -0.2) is 9.97 Å². The number of H-pyrrole nitrogens is 1. The summed E-state index contributed by atoms with van der Waals surface area (Å²) in [4.78, 5) is 14.5. The Balaban J connectivity index is 1.52. The summed E-state index contributed by atoms with van der Waals surface area (Å²) in [5, 5.41) is 14.2. The van der Waals surface area contributed by atoms with Crippen LogP contribution < -0.4 is 10.1 Å². The van der Waals surface area contributed by atoms with Crippen LogP contribution in [0.25, 0.3) is 11.0 Å². The van der Waals surface area contributed by atoms with Gasteiger partial charge in [0.2, 0.25) is 0 Å². The van der Waals surface area contributed by atoms with Gasteiger partial charge in [-0.15, -0.1) is 0 Å². The first-order valence-electron chi connectivity index (χ1n) is 9.98. The summed E-state index contributed by atoms with van der Waals surface area (Å²) in [6.45, 7) is 4.67. The minimum Gasteiger partial charge on any atom is -0.491 e. The number of ether oxygens (including phenoxy) is 2. The standard InChI is InChI=1S/C21H25N5O3/c1-13-8-16-20(24-13)22-12-23-21(16)25-19-15-4-2-3-5-18(15)29-11-17(19)26-6-7-28-14(9-26)10-27/h2-5,8,12,14,17,19,27H,6-7,9-11H2,1H3,(H2,22,23,24,25). The van der Waals surface area contributed by atoms with Crippen molar-refractivity contribution in [2.75, 3.05) is 38.2 Å². The smallest absolute Gasteiger partial charge is 0.143 e. The number of nitrogens with one attached hydrogen (secondary N) is 2. The number of hydrogen-bond donors (Lipinski definition) is 3. The Morgan fingerprint density at radius 2 is 2.21 bits per heavy atom. The van der Waals surface area contributed by atoms with Crippen molar-refractivity contribution in [3.8, 4) is 5.75 Å². The van der Waals surface area contributed by atoms with E-state index in [1.165, 1.54) is 0 Å². The van der Waals surface area contributed by atoms with Crippen LogP contribution in [-0.2, 0) is 4.74 Å². The molecule has 0 bridgehead atoms. The number of aryl methyl sites for hydroxylation is 1. The zero-order valence-electron chi connectivity index (χ0n) is 16.3. The first-order valence-corrected chi connectivity index (χ1v) is 9.98. The van der Waals surface area contributed by atoms with E-state index < -0.39 is 0 Å². The van der Waals surface area contributed by atoms with Crippen LogP contribution in [0.5, 0.6) is 5.75 Å². The topological polar surface area (TPSA) is 95.5 Å². The second kappa shape index (κ2) is 7.62. The summed E-state index contributed by atoms with van der Waals surface area (Å²) < 4.78 is 11.7. The van der Waals surface area contributed by atoms with Crippen LogP contribution in [0.15, 0.2) is 36.7 Å². The zero-order chi connectivity index (χ0) is 19.8. The largest absolute Gasteiger partial charge is 0.491 e. The predicted molar refractivity (Wildman–Crippen MR) is 109 cm³/mol. The summed E-state index contributed by atoms with van der Waals surface area (Å²) in [5.41, 5.74) is 2.98. The van der Waals surface area contributed by atoms with Gasteiger partial charge in [-0.1, -0.05) is 18.2 Å². The Kier molecular flexibility index (Phi) is 4.83. The molecule has 0 spiro atoms. The molecular formula is C21H25N5O3. The van der Waals surface area contributed by atoms with Gasteiger partial charge in [0.1, 0.15) is 30.1 Å². The Hall–Kier alpha value is -2.68. The van der Waals surface area contributed by atoms with E-state index >= 15 is 0 Å². The molecule has 3 atom stereocenters. The molecule has 3 N–H and O–H groups in total. The van der Waals surface area contributed by atoms with Gasteiger partial charge in [0.05, 0.1) is 36.8 Å². The number of fused-ring (bicyclic) bond motifs is 2. The molecule has 2 aromatic heterocycles. The number of hydrogen-bond acceptors (Lipinski definition) is 7. The van der Waals surface area contributed by atoms with Gasteiger partial charge >= 0.3 is 0 Å². The van der Waals surface area contributed by atoms with Crippen LogP contribution in [0.3, 0.4) is 0 Å². The average Bonchev–Trinajstić information content (AvgIpc) is 3.15. The Labute approximate surface area is 168 Å². The normalized spacial score (nSPS) is 24.8. The fourth-order valence-electron chi connectivity index (χ4n) is 4.33. The van der Waals surface area contributed by atoms with Crippen molar-refractivity contribution in [3.63, 3.8) is 0 Å². The molecule has 29 heavy (non-hydrogen) atoms. The second-order valence-electron chi connectivity index (χ2n) is 7.65. The van der Waals surface area contributed by atoms with E-state index in [0.29, 0.717) is 19.8 Å². The maximum absolute atomic E-state index is 9.57. The molecule has 4 heterocycles. The predicted octanol–water partition coefficient (Wildman–Crippen LogP) is 1.87. The molecule has 8 nitrogen and oxygen atoms in total. The molecule has 3 aromatic rings. The fourth-order valence-corrected chi connectivity index (χ4v) is 4.33. The first kappa shape index (κ1) is 18.4. The molecular weight excluding hydrogens is 370 g/mol. The van der Waals surface area contributed by atoms with Crippen molar-refractivity contribution in [3.05, 3.63) is 47.9 Å². The van der Waals surface area contributed by atoms with Crippen molar-refractivity contribution in [2.45, 2.75) is 25.1 Å². The zero-order valence-corrected chi connectivity index (χ0v) is 16.3. The molecule has 152 valence electrons. The molecule has 0 saturated carbocycles. The van der Waals surface area contributed by atoms with Gasteiger partial charge in [-0.2, -0.15) is 0 Å². The Bertz CT molecular complexity index is 1010. The lowest BCUT2D eigenvalue weighted by molar-refractivity contribution is -0.0734. The van der Waals surface area contributed by atoms with Crippen LogP contribution in [0.1, 0.15) is 17.3 Å². The minimum atomic E-state index is -0.167. The molecule has 2 aliphatic rings. The van der Waals surface area contributed by atoms with E-state index in [4.69, 9.17) is 9.47 Å². The highest BCUT2D eigenvalue weighted by Gasteiger charge is 2.37. The number of anilines is 1. The monoisotopic (exact) mass is 395 g/mol. The van der Waals surface area contributed by atoms with E-state index in [1.54, 1.807) is 6.33 Å². The summed E-state index contributed by atoms with van der Waals surface area (Å²) in [7, 11) is 0. The van der Waals surface area contributed by atoms with E-state index in [1.807, 2.05) is 25.1 Å². The summed E-state index contributed by atoms with van der Waals surface area (Å²) in [5.74, 6) is 1.70. The van der Waals surface area contributed by atoms with E-state index in [0.717, 1.165) is 40.4 Å². The number of rotatable bonds is 4. The third-order valence-electron chi connectivity index (χ3n) is 5.74. The highest BCUT2D eigenvalue weighted by atomic mass is 16.5. The Morgan fingerprint density at radius 3 is 3.10 bits per heavy atom. The van der Waals surface area contributed by atoms with Gasteiger partial charge in [0.25, 0.3) is 0 Å². The molecule has 1 saturated heterocycles. The van der Waals surface area contributed by atoms with E-state index in [-0.39, 0.29) is 24.8 Å². The van der Waals surface area contributed by atoms with Crippen molar-refractivity contribution >= 4 is 16.9 Å². The molecule has 0 aliphatic carbocycles. The van der Waals surface area contributed by atoms with Crippen LogP contribution in [-0.4, -0.2) is 70.0 Å². The van der Waals surface area contributed by atoms with Gasteiger partial charge in [0, 0.05) is 24.3 Å². The SMILES string of the molecule is Cc1cc2c(NC3c4ccccc4OCC3N3CCOC(CO)C3)ncnc2[nH]1. The fraction of sp³-hybridized carbons (Fsp3) is 0.429. The van der Waals surface area contributed by atoms with E-state index in [9.17, 15) is 5.11 Å². The third kappa shape index (κ3) is 3.43. The maximum atomic E-state index is 9.57. The number of aromatic nitrogens is 3. The summed E-state index contributed by atoms with van der Waals surface area (Å²) in [6, 6.07) is 10.3. The lowest BCUT2D eigenvalue weighted by Gasteiger charge is -2.44. The minimum absolute atomic E-state index is 0.00861. The molecule has 0 amide bonds. The number of aliphatic hydroxyl groups excluding tert-OH is 1. The van der Waals surface area contributed by atoms with Gasteiger partial charge in [-0.3, -0.25) is 4.90 Å². The number of nitrogens with zero attached hydrogens (tertiary/aromatic N) is 3. The highest BCUT2D eigenvalue weighted by molar-refractivity contribution is 5.87. The summed E-state index contributed by atoms with van der Waals surface area (Å²) in [6.07, 6.45) is 1.41. The number of aliphatic hydroxyl groups is 1. The number of para-hydroxylation sites is 1. The van der Waals surface area contributed by atoms with Crippen LogP contribution in [0, 0.1) is 6.92 Å². The van der Waals surface area contributed by atoms with Gasteiger partial charge < -0.3 is 24.9 Å². The van der Waals surface area contributed by atoms with Gasteiger partial charge in [0.15, 0.2) is 0 Å². The Morgan fingerprint density at radius 1 is 1.31 bits per heavy atom. The quantitative estimate of drug-likeness (QED) is 0.621. The molecule has 2 aliphatic heterocycles. The molecule has 3 unspecified atom stereocenters. The van der Waals surface area contributed by atoms with Crippen molar-refractivity contribution in [1.82, 2.24) is 19.9 Å². The van der Waals surface area contributed by atoms with E-state index in [2.05, 4.69) is 37.3 Å².